The van der Waals surface area contributed by atoms with Gasteiger partial charge in [0.1, 0.15) is 0 Å². The van der Waals surface area contributed by atoms with Crippen LogP contribution < -0.4 is 5.56 Å². The largest absolute Gasteiger partial charge is 0.339 e. The Morgan fingerprint density at radius 2 is 1.62 bits per heavy atom. The van der Waals surface area contributed by atoms with Crippen LogP contribution in [-0.2, 0) is 11.3 Å². The minimum atomic E-state index is -0.311. The van der Waals surface area contributed by atoms with E-state index in [4.69, 9.17) is 4.98 Å². The number of nitrogens with zero attached hydrogens (tertiary/aromatic N) is 4. The van der Waals surface area contributed by atoms with E-state index in [0.29, 0.717) is 16.1 Å². The molecule has 1 aliphatic rings. The third-order valence-corrected chi connectivity index (χ3v) is 6.91. The van der Waals surface area contributed by atoms with Crippen LogP contribution in [0.5, 0.6) is 0 Å². The molecule has 6 nitrogen and oxygen atoms in total. The van der Waals surface area contributed by atoms with E-state index >= 15 is 0 Å². The number of fused-ring (bicyclic) bond motifs is 1. The Labute approximate surface area is 193 Å². The summed E-state index contributed by atoms with van der Waals surface area (Å²) in [6.45, 7) is 9.94. The minimum Gasteiger partial charge on any atom is -0.339 e. The lowest BCUT2D eigenvalue weighted by Gasteiger charge is -2.36. The first-order chi connectivity index (χ1) is 15.4. The van der Waals surface area contributed by atoms with Crippen LogP contribution >= 0.6 is 11.8 Å². The SMILES string of the molecule is CC(C)n1c(S[C@@H](C)C(=O)N2CCN(Cc3ccccc3)CC2)nc2ccccc2c1=O. The monoisotopic (exact) mass is 450 g/mol. The number of carbonyl (C=O) groups excluding carboxylic acids is 1. The van der Waals surface area contributed by atoms with Crippen molar-refractivity contribution in [1.82, 2.24) is 19.4 Å². The molecular formula is C25H30N4O2S. The highest BCUT2D eigenvalue weighted by Crippen LogP contribution is 2.26. The molecular weight excluding hydrogens is 420 g/mol. The molecule has 0 radical (unpaired) electrons. The van der Waals surface area contributed by atoms with E-state index in [-0.39, 0.29) is 22.8 Å². The summed E-state index contributed by atoms with van der Waals surface area (Å²) in [6.07, 6.45) is 0. The third-order valence-electron chi connectivity index (χ3n) is 5.85. The van der Waals surface area contributed by atoms with Gasteiger partial charge in [-0.25, -0.2) is 4.98 Å². The zero-order chi connectivity index (χ0) is 22.7. The molecule has 32 heavy (non-hydrogen) atoms. The number of benzene rings is 2. The fourth-order valence-corrected chi connectivity index (χ4v) is 5.22. The highest BCUT2D eigenvalue weighted by molar-refractivity contribution is 8.00. The number of hydrogen-bond donors (Lipinski definition) is 0. The third kappa shape index (κ3) is 4.89. The van der Waals surface area contributed by atoms with Crippen LogP contribution in [0.25, 0.3) is 10.9 Å². The maximum Gasteiger partial charge on any atom is 0.262 e. The normalized spacial score (nSPS) is 15.9. The van der Waals surface area contributed by atoms with E-state index in [1.807, 2.05) is 56.0 Å². The summed E-state index contributed by atoms with van der Waals surface area (Å²) >= 11 is 1.38. The van der Waals surface area contributed by atoms with Gasteiger partial charge in [0.25, 0.3) is 5.56 Å². The van der Waals surface area contributed by atoms with Gasteiger partial charge in [-0.05, 0) is 38.5 Å². The number of aromatic nitrogens is 2. The highest BCUT2D eigenvalue weighted by atomic mass is 32.2. The molecule has 0 aliphatic carbocycles. The first kappa shape index (κ1) is 22.6. The Balaban J connectivity index is 1.43. The summed E-state index contributed by atoms with van der Waals surface area (Å²) in [5.74, 6) is 0.104. The van der Waals surface area contributed by atoms with Gasteiger partial charge in [0.2, 0.25) is 5.91 Å². The van der Waals surface area contributed by atoms with Crippen LogP contribution in [0.2, 0.25) is 0 Å². The van der Waals surface area contributed by atoms with Crippen LogP contribution in [0.4, 0.5) is 0 Å². The molecule has 1 saturated heterocycles. The van der Waals surface area contributed by atoms with Crippen molar-refractivity contribution in [2.45, 2.75) is 43.8 Å². The Morgan fingerprint density at radius 1 is 0.969 bits per heavy atom. The Bertz CT molecular complexity index is 1140. The molecule has 168 valence electrons. The molecule has 1 amide bonds. The summed E-state index contributed by atoms with van der Waals surface area (Å²) in [5, 5.41) is 0.903. The standard InChI is InChI=1S/C25H30N4O2S/c1-18(2)29-24(31)21-11-7-8-12-22(21)26-25(29)32-19(3)23(30)28-15-13-27(14-16-28)17-20-9-5-4-6-10-20/h4-12,18-19H,13-17H2,1-3H3/t19-/m0/s1. The summed E-state index contributed by atoms with van der Waals surface area (Å²) in [6, 6.07) is 17.8. The van der Waals surface area contributed by atoms with E-state index in [1.165, 1.54) is 17.3 Å². The van der Waals surface area contributed by atoms with Crippen LogP contribution in [0.1, 0.15) is 32.4 Å². The van der Waals surface area contributed by atoms with Gasteiger partial charge in [-0.1, -0.05) is 54.2 Å². The lowest BCUT2D eigenvalue weighted by atomic mass is 10.2. The Morgan fingerprint density at radius 3 is 2.31 bits per heavy atom. The van der Waals surface area contributed by atoms with Crippen LogP contribution in [0.3, 0.4) is 0 Å². The van der Waals surface area contributed by atoms with Crippen molar-refractivity contribution < 1.29 is 4.79 Å². The van der Waals surface area contributed by atoms with E-state index < -0.39 is 0 Å². The maximum atomic E-state index is 13.2. The average molecular weight is 451 g/mol. The molecule has 2 aromatic carbocycles. The van der Waals surface area contributed by atoms with Gasteiger partial charge in [0.15, 0.2) is 5.16 Å². The fraction of sp³-hybridized carbons (Fsp3) is 0.400. The minimum absolute atomic E-state index is 0.0362. The van der Waals surface area contributed by atoms with Crippen molar-refractivity contribution in [3.05, 3.63) is 70.5 Å². The molecule has 4 rings (SSSR count). The number of para-hydroxylation sites is 1. The van der Waals surface area contributed by atoms with Crippen LogP contribution in [0, 0.1) is 0 Å². The summed E-state index contributed by atoms with van der Waals surface area (Å²) in [7, 11) is 0. The highest BCUT2D eigenvalue weighted by Gasteiger charge is 2.27. The molecule has 1 atom stereocenters. The van der Waals surface area contributed by atoms with Crippen molar-refractivity contribution in [2.24, 2.45) is 0 Å². The molecule has 1 fully saturated rings. The van der Waals surface area contributed by atoms with Gasteiger partial charge in [-0.15, -0.1) is 0 Å². The molecule has 0 spiro atoms. The molecule has 3 aromatic rings. The average Bonchev–Trinajstić information content (AvgIpc) is 2.79. The predicted molar refractivity (Wildman–Crippen MR) is 130 cm³/mol. The Hall–Kier alpha value is -2.64. The summed E-state index contributed by atoms with van der Waals surface area (Å²) in [4.78, 5) is 35.3. The second-order valence-corrected chi connectivity index (χ2v) is 9.84. The van der Waals surface area contributed by atoms with Gasteiger partial charge < -0.3 is 4.90 Å². The zero-order valence-electron chi connectivity index (χ0n) is 18.9. The molecule has 0 bridgehead atoms. The van der Waals surface area contributed by atoms with E-state index in [2.05, 4.69) is 29.2 Å². The number of piperazine rings is 1. The topological polar surface area (TPSA) is 58.4 Å². The molecule has 1 aromatic heterocycles. The number of amides is 1. The number of rotatable bonds is 6. The van der Waals surface area contributed by atoms with E-state index in [1.54, 1.807) is 4.57 Å². The van der Waals surface area contributed by atoms with Gasteiger partial charge in [0, 0.05) is 38.8 Å². The van der Waals surface area contributed by atoms with Crippen LogP contribution in [0.15, 0.2) is 64.5 Å². The van der Waals surface area contributed by atoms with Crippen molar-refractivity contribution in [1.29, 1.82) is 0 Å². The van der Waals surface area contributed by atoms with Gasteiger partial charge >= 0.3 is 0 Å². The summed E-state index contributed by atoms with van der Waals surface area (Å²) < 4.78 is 1.70. The molecule has 0 unspecified atom stereocenters. The smallest absolute Gasteiger partial charge is 0.262 e. The molecule has 0 N–H and O–H groups in total. The maximum absolute atomic E-state index is 13.2. The van der Waals surface area contributed by atoms with E-state index in [0.717, 1.165) is 32.7 Å². The fourth-order valence-electron chi connectivity index (χ4n) is 4.10. The van der Waals surface area contributed by atoms with Crippen molar-refractivity contribution in [3.8, 4) is 0 Å². The molecule has 2 heterocycles. The van der Waals surface area contributed by atoms with Crippen LogP contribution in [-0.4, -0.2) is 56.7 Å². The molecule has 0 saturated carbocycles. The second-order valence-electron chi connectivity index (χ2n) is 8.53. The molecule has 7 heteroatoms. The van der Waals surface area contributed by atoms with Gasteiger partial charge in [0.05, 0.1) is 16.2 Å². The number of hydrogen-bond acceptors (Lipinski definition) is 5. The lowest BCUT2D eigenvalue weighted by molar-refractivity contribution is -0.132. The zero-order valence-corrected chi connectivity index (χ0v) is 19.7. The number of carbonyl (C=O) groups is 1. The first-order valence-electron chi connectivity index (χ1n) is 11.2. The van der Waals surface area contributed by atoms with Crippen molar-refractivity contribution >= 4 is 28.6 Å². The quantitative estimate of drug-likeness (QED) is 0.422. The number of thioether (sulfide) groups is 1. The van der Waals surface area contributed by atoms with E-state index in [9.17, 15) is 9.59 Å². The summed E-state index contributed by atoms with van der Waals surface area (Å²) in [5.41, 5.74) is 1.92. The lowest BCUT2D eigenvalue weighted by Crippen LogP contribution is -2.50. The second kappa shape index (κ2) is 9.88. The Kier molecular flexibility index (Phi) is 6.96. The van der Waals surface area contributed by atoms with Gasteiger partial charge in [-0.3, -0.25) is 19.1 Å². The predicted octanol–water partition coefficient (Wildman–Crippen LogP) is 3.80. The first-order valence-corrected chi connectivity index (χ1v) is 12.0. The van der Waals surface area contributed by atoms with Crippen molar-refractivity contribution in [2.75, 3.05) is 26.2 Å². The molecule has 1 aliphatic heterocycles. The van der Waals surface area contributed by atoms with Crippen molar-refractivity contribution in [3.63, 3.8) is 0 Å². The van der Waals surface area contributed by atoms with Gasteiger partial charge in [-0.2, -0.15) is 0 Å².